The van der Waals surface area contributed by atoms with Crippen LogP contribution in [0.4, 0.5) is 23.2 Å². The third kappa shape index (κ3) is 4.18. The highest BCUT2D eigenvalue weighted by Crippen LogP contribution is 2.36. The van der Waals surface area contributed by atoms with Crippen LogP contribution in [-0.4, -0.2) is 28.0 Å². The summed E-state index contributed by atoms with van der Waals surface area (Å²) in [6, 6.07) is 1.05. The molecule has 4 nitrogen and oxygen atoms in total. The summed E-state index contributed by atoms with van der Waals surface area (Å²) in [5, 5.41) is 0. The van der Waals surface area contributed by atoms with Crippen LogP contribution in [0.5, 0.6) is 0 Å². The molecule has 2 heterocycles. The zero-order valence-corrected chi connectivity index (χ0v) is 13.4. The summed E-state index contributed by atoms with van der Waals surface area (Å²) >= 11 is 0. The van der Waals surface area contributed by atoms with E-state index in [9.17, 15) is 17.6 Å². The Labute approximate surface area is 137 Å². The third-order valence-corrected chi connectivity index (χ3v) is 3.33. The van der Waals surface area contributed by atoms with E-state index in [1.165, 1.54) is 6.20 Å². The van der Waals surface area contributed by atoms with E-state index in [2.05, 4.69) is 15.0 Å². The minimum absolute atomic E-state index is 0.0562. The van der Waals surface area contributed by atoms with Crippen molar-refractivity contribution in [1.82, 2.24) is 15.0 Å². The number of aromatic nitrogens is 3. The van der Waals surface area contributed by atoms with Gasteiger partial charge in [-0.1, -0.05) is 13.8 Å². The molecule has 24 heavy (non-hydrogen) atoms. The van der Waals surface area contributed by atoms with Gasteiger partial charge in [-0.25, -0.2) is 14.4 Å². The third-order valence-electron chi connectivity index (χ3n) is 3.33. The Morgan fingerprint density at radius 3 is 2.25 bits per heavy atom. The number of alkyl halides is 3. The van der Waals surface area contributed by atoms with Crippen LogP contribution in [0.1, 0.15) is 32.4 Å². The lowest BCUT2D eigenvalue weighted by Crippen LogP contribution is -2.28. The fourth-order valence-electron chi connectivity index (χ4n) is 2.38. The van der Waals surface area contributed by atoms with Crippen LogP contribution in [0, 0.1) is 5.82 Å². The molecule has 2 aromatic rings. The zero-order chi connectivity index (χ0) is 17.7. The van der Waals surface area contributed by atoms with E-state index in [4.69, 9.17) is 0 Å². The molecular formula is C16H18F4N4. The van der Waals surface area contributed by atoms with Crippen LogP contribution >= 0.6 is 0 Å². The first-order valence-corrected chi connectivity index (χ1v) is 7.66. The molecule has 0 aromatic carbocycles. The fourth-order valence-corrected chi connectivity index (χ4v) is 2.38. The van der Waals surface area contributed by atoms with E-state index in [0.29, 0.717) is 25.9 Å². The monoisotopic (exact) mass is 342 g/mol. The molecule has 0 spiro atoms. The Hall–Kier alpha value is -2.25. The van der Waals surface area contributed by atoms with E-state index in [0.717, 1.165) is 18.5 Å². The van der Waals surface area contributed by atoms with E-state index >= 15 is 0 Å². The Kier molecular flexibility index (Phi) is 5.69. The second-order valence-corrected chi connectivity index (χ2v) is 5.30. The number of nitrogens with zero attached hydrogens (tertiary/aromatic N) is 4. The number of hydrogen-bond donors (Lipinski definition) is 0. The molecule has 2 aromatic heterocycles. The van der Waals surface area contributed by atoms with Gasteiger partial charge in [0.25, 0.3) is 0 Å². The molecule has 0 N–H and O–H groups in total. The van der Waals surface area contributed by atoms with Crippen molar-refractivity contribution in [3.63, 3.8) is 0 Å². The van der Waals surface area contributed by atoms with Gasteiger partial charge in [0.05, 0.1) is 18.1 Å². The van der Waals surface area contributed by atoms with Gasteiger partial charge in [-0.2, -0.15) is 13.2 Å². The Morgan fingerprint density at radius 2 is 1.71 bits per heavy atom. The van der Waals surface area contributed by atoms with Gasteiger partial charge in [-0.15, -0.1) is 0 Å². The van der Waals surface area contributed by atoms with Crippen LogP contribution in [0.15, 0.2) is 24.7 Å². The summed E-state index contributed by atoms with van der Waals surface area (Å²) < 4.78 is 53.6. The number of pyridine rings is 1. The van der Waals surface area contributed by atoms with Gasteiger partial charge in [-0.3, -0.25) is 4.98 Å². The molecule has 0 amide bonds. The SMILES string of the molecule is CCCN(CCC)c1cnc(-c2cncc(F)c2)nc1C(F)(F)F. The topological polar surface area (TPSA) is 41.9 Å². The average molecular weight is 342 g/mol. The molecule has 0 atom stereocenters. The van der Waals surface area contributed by atoms with E-state index in [1.54, 1.807) is 4.90 Å². The summed E-state index contributed by atoms with van der Waals surface area (Å²) in [6.07, 6.45) is 0.121. The quantitative estimate of drug-likeness (QED) is 0.733. The van der Waals surface area contributed by atoms with Crippen molar-refractivity contribution < 1.29 is 17.6 Å². The summed E-state index contributed by atoms with van der Waals surface area (Å²) in [4.78, 5) is 12.9. The number of anilines is 1. The first-order chi connectivity index (χ1) is 11.4. The average Bonchev–Trinajstić information content (AvgIpc) is 2.53. The lowest BCUT2D eigenvalue weighted by Gasteiger charge is -2.26. The van der Waals surface area contributed by atoms with Gasteiger partial charge in [0, 0.05) is 24.8 Å². The maximum absolute atomic E-state index is 13.5. The molecule has 0 bridgehead atoms. The molecule has 0 unspecified atom stereocenters. The predicted molar refractivity (Wildman–Crippen MR) is 83.0 cm³/mol. The van der Waals surface area contributed by atoms with E-state index < -0.39 is 17.7 Å². The minimum atomic E-state index is -4.63. The molecule has 8 heteroatoms. The van der Waals surface area contributed by atoms with Crippen molar-refractivity contribution >= 4 is 5.69 Å². The first kappa shape index (κ1) is 18.1. The van der Waals surface area contributed by atoms with Crippen LogP contribution in [0.2, 0.25) is 0 Å². The second kappa shape index (κ2) is 7.55. The molecule has 0 aliphatic rings. The van der Waals surface area contributed by atoms with Crippen LogP contribution in [-0.2, 0) is 6.18 Å². The molecule has 2 rings (SSSR count). The van der Waals surface area contributed by atoms with E-state index in [-0.39, 0.29) is 17.1 Å². The molecule has 0 aliphatic carbocycles. The summed E-state index contributed by atoms with van der Waals surface area (Å²) in [6.45, 7) is 4.73. The molecule has 130 valence electrons. The maximum atomic E-state index is 13.5. The Balaban J connectivity index is 2.53. The Bertz CT molecular complexity index is 682. The predicted octanol–water partition coefficient (Wildman–Crippen LogP) is 4.32. The lowest BCUT2D eigenvalue weighted by atomic mass is 10.2. The molecular weight excluding hydrogens is 324 g/mol. The van der Waals surface area contributed by atoms with E-state index in [1.807, 2.05) is 13.8 Å². The van der Waals surface area contributed by atoms with Gasteiger partial charge in [-0.05, 0) is 18.9 Å². The van der Waals surface area contributed by atoms with Crippen molar-refractivity contribution in [3.05, 3.63) is 36.2 Å². The van der Waals surface area contributed by atoms with Crippen molar-refractivity contribution in [2.75, 3.05) is 18.0 Å². The molecule has 0 radical (unpaired) electrons. The van der Waals surface area contributed by atoms with Crippen molar-refractivity contribution in [2.45, 2.75) is 32.9 Å². The highest BCUT2D eigenvalue weighted by atomic mass is 19.4. The molecule has 0 saturated heterocycles. The van der Waals surface area contributed by atoms with Crippen LogP contribution < -0.4 is 4.90 Å². The molecule has 0 fully saturated rings. The number of hydrogen-bond acceptors (Lipinski definition) is 4. The maximum Gasteiger partial charge on any atom is 0.435 e. The highest BCUT2D eigenvalue weighted by Gasteiger charge is 2.37. The molecule has 0 saturated carbocycles. The van der Waals surface area contributed by atoms with Gasteiger partial charge >= 0.3 is 6.18 Å². The molecule has 0 aliphatic heterocycles. The van der Waals surface area contributed by atoms with Crippen LogP contribution in [0.25, 0.3) is 11.4 Å². The normalized spacial score (nSPS) is 11.6. The largest absolute Gasteiger partial charge is 0.435 e. The smallest absolute Gasteiger partial charge is 0.369 e. The second-order valence-electron chi connectivity index (χ2n) is 5.30. The first-order valence-electron chi connectivity index (χ1n) is 7.66. The van der Waals surface area contributed by atoms with Crippen LogP contribution in [0.3, 0.4) is 0 Å². The lowest BCUT2D eigenvalue weighted by molar-refractivity contribution is -0.140. The van der Waals surface area contributed by atoms with Gasteiger partial charge in [0.2, 0.25) is 0 Å². The zero-order valence-electron chi connectivity index (χ0n) is 13.4. The minimum Gasteiger partial charge on any atom is -0.369 e. The van der Waals surface area contributed by atoms with Crippen molar-refractivity contribution in [3.8, 4) is 11.4 Å². The fraction of sp³-hybridized carbons (Fsp3) is 0.438. The summed E-state index contributed by atoms with van der Waals surface area (Å²) in [7, 11) is 0. The van der Waals surface area contributed by atoms with Gasteiger partial charge in [0.1, 0.15) is 5.82 Å². The summed E-state index contributed by atoms with van der Waals surface area (Å²) in [5.41, 5.74) is -0.970. The van der Waals surface area contributed by atoms with Crippen molar-refractivity contribution in [2.24, 2.45) is 0 Å². The standard InChI is InChI=1S/C16H18F4N4/c1-3-5-24(6-4-2)13-10-22-15(23-14(13)16(18,19)20)11-7-12(17)9-21-8-11/h7-10H,3-6H2,1-2H3. The summed E-state index contributed by atoms with van der Waals surface area (Å²) in [5.74, 6) is -0.863. The van der Waals surface area contributed by atoms with Crippen molar-refractivity contribution in [1.29, 1.82) is 0 Å². The number of rotatable bonds is 6. The number of halogens is 4. The highest BCUT2D eigenvalue weighted by molar-refractivity contribution is 5.58. The Morgan fingerprint density at radius 1 is 1.04 bits per heavy atom. The van der Waals surface area contributed by atoms with Gasteiger partial charge in [0.15, 0.2) is 11.5 Å². The van der Waals surface area contributed by atoms with Gasteiger partial charge < -0.3 is 4.90 Å².